The number of unbranched alkanes of at least 4 members (excludes halogenated alkanes) is 34. The quantitative estimate of drug-likeness (QED) is 0.0485. The maximum atomic E-state index is 2.65. The molecule has 1 aromatic heterocycles. The number of hydrogen-bond donors (Lipinski definition) is 0. The molecule has 0 saturated heterocycles. The first-order valence-electron chi connectivity index (χ1n) is 22.9. The van der Waals surface area contributed by atoms with E-state index in [1.165, 1.54) is 257 Å². The zero-order valence-corrected chi connectivity index (χ0v) is 33.8. The number of imidazole rings is 1. The highest BCUT2D eigenvalue weighted by atomic mass is 15.1. The minimum atomic E-state index is 1.23. The van der Waals surface area contributed by atoms with E-state index in [4.69, 9.17) is 0 Å². The lowest BCUT2D eigenvalue weighted by molar-refractivity contribution is -0.704. The van der Waals surface area contributed by atoms with E-state index in [0.717, 1.165) is 0 Å². The lowest BCUT2D eigenvalue weighted by Crippen LogP contribution is -2.37. The summed E-state index contributed by atoms with van der Waals surface area (Å²) in [5.41, 5.74) is 0. The monoisotopic (exact) mass is 672 g/mol. The number of rotatable bonds is 40. The maximum Gasteiger partial charge on any atom is 0.256 e. The number of aryl methyl sites for hydroxylation is 2. The molecule has 2 heteroatoms. The van der Waals surface area contributed by atoms with Crippen molar-refractivity contribution >= 4 is 0 Å². The fraction of sp³-hybridized carbons (Fsp3) is 0.935. The molecule has 0 radical (unpaired) electrons. The Hall–Kier alpha value is -0.790. The average molecular weight is 672 g/mol. The van der Waals surface area contributed by atoms with E-state index in [-0.39, 0.29) is 0 Å². The van der Waals surface area contributed by atoms with Gasteiger partial charge in [0.25, 0.3) is 5.82 Å². The van der Waals surface area contributed by atoms with Gasteiger partial charge in [-0.3, -0.25) is 0 Å². The van der Waals surface area contributed by atoms with Gasteiger partial charge >= 0.3 is 0 Å². The minimum absolute atomic E-state index is 1.23. The summed E-state index contributed by atoms with van der Waals surface area (Å²) in [5.74, 6) is 1.63. The minimum Gasteiger partial charge on any atom is -0.234 e. The van der Waals surface area contributed by atoms with Crippen LogP contribution in [0, 0.1) is 0 Å². The molecule has 0 saturated carbocycles. The standard InChI is InChI=1S/C46H91N2/c1-4-7-10-13-16-19-22-24-26-28-31-34-37-40-43-48-45-44-47(46(48)41-38-35-32-29-21-18-15-12-9-6-3)42-39-36-33-30-27-25-23-20-17-14-11-8-5-2/h44-45H,4-43H2,1-3H3/q+1. The second-order valence-electron chi connectivity index (χ2n) is 15.9. The van der Waals surface area contributed by atoms with Crippen molar-refractivity contribution in [2.24, 2.45) is 0 Å². The summed E-state index contributed by atoms with van der Waals surface area (Å²) in [7, 11) is 0. The van der Waals surface area contributed by atoms with Crippen molar-refractivity contribution in [3.8, 4) is 0 Å². The van der Waals surface area contributed by atoms with Crippen molar-refractivity contribution in [2.45, 2.75) is 278 Å². The molecule has 0 bridgehead atoms. The predicted octanol–water partition coefficient (Wildman–Crippen LogP) is 15.8. The Morgan fingerprint density at radius 1 is 0.354 bits per heavy atom. The molecular formula is C46H91N2+. The summed E-state index contributed by atoms with van der Waals surface area (Å²) in [6, 6.07) is 0. The van der Waals surface area contributed by atoms with Crippen molar-refractivity contribution < 1.29 is 4.57 Å². The zero-order chi connectivity index (χ0) is 34.4. The summed E-state index contributed by atoms with van der Waals surface area (Å²) in [5, 5.41) is 0. The first kappa shape index (κ1) is 45.2. The highest BCUT2D eigenvalue weighted by molar-refractivity contribution is 4.84. The van der Waals surface area contributed by atoms with Gasteiger partial charge in [-0.15, -0.1) is 0 Å². The molecule has 48 heavy (non-hydrogen) atoms. The van der Waals surface area contributed by atoms with E-state index in [2.05, 4.69) is 42.3 Å². The van der Waals surface area contributed by atoms with Crippen LogP contribution in [0.4, 0.5) is 0 Å². The Labute approximate surface area is 304 Å². The van der Waals surface area contributed by atoms with E-state index in [0.29, 0.717) is 0 Å². The SMILES string of the molecule is CCCCCCCCCCCCCCCCn1cc[n+](CCCCCCCCCCCCCCC)c1CCCCCCCCCCCC. The van der Waals surface area contributed by atoms with Crippen LogP contribution in [0.5, 0.6) is 0 Å². The van der Waals surface area contributed by atoms with Crippen LogP contribution in [-0.2, 0) is 19.5 Å². The lowest BCUT2D eigenvalue weighted by atomic mass is 10.0. The van der Waals surface area contributed by atoms with Crippen LogP contribution in [0.2, 0.25) is 0 Å². The van der Waals surface area contributed by atoms with Crippen LogP contribution < -0.4 is 4.57 Å². The molecule has 0 aliphatic heterocycles. The van der Waals surface area contributed by atoms with E-state index < -0.39 is 0 Å². The smallest absolute Gasteiger partial charge is 0.234 e. The highest BCUT2D eigenvalue weighted by Gasteiger charge is 2.16. The van der Waals surface area contributed by atoms with Gasteiger partial charge in [-0.25, -0.2) is 9.13 Å². The molecule has 1 rings (SSSR count). The number of aromatic nitrogens is 2. The molecule has 1 heterocycles. The molecule has 0 atom stereocenters. The summed E-state index contributed by atoms with van der Waals surface area (Å²) < 4.78 is 5.30. The Morgan fingerprint density at radius 2 is 0.646 bits per heavy atom. The summed E-state index contributed by atoms with van der Waals surface area (Å²) in [4.78, 5) is 0. The Balaban J connectivity index is 2.27. The van der Waals surface area contributed by atoms with E-state index in [1.54, 1.807) is 5.82 Å². The third-order valence-electron chi connectivity index (χ3n) is 11.1. The highest BCUT2D eigenvalue weighted by Crippen LogP contribution is 2.16. The van der Waals surface area contributed by atoms with Gasteiger partial charge in [-0.2, -0.15) is 0 Å². The summed E-state index contributed by atoms with van der Waals surface area (Å²) in [6.45, 7) is 9.41. The molecular weight excluding hydrogens is 581 g/mol. The van der Waals surface area contributed by atoms with Gasteiger partial charge in [-0.1, -0.05) is 226 Å². The van der Waals surface area contributed by atoms with Crippen LogP contribution in [0.15, 0.2) is 12.4 Å². The Bertz CT molecular complexity index is 736. The summed E-state index contributed by atoms with van der Waals surface area (Å²) in [6.07, 6.45) is 59.3. The number of hydrogen-bond acceptors (Lipinski definition) is 0. The zero-order valence-electron chi connectivity index (χ0n) is 33.8. The molecule has 284 valence electrons. The topological polar surface area (TPSA) is 8.81 Å². The van der Waals surface area contributed by atoms with Crippen LogP contribution in [0.25, 0.3) is 0 Å². The van der Waals surface area contributed by atoms with E-state index in [9.17, 15) is 0 Å². The third-order valence-corrected chi connectivity index (χ3v) is 11.1. The molecule has 0 aromatic carbocycles. The van der Waals surface area contributed by atoms with Crippen molar-refractivity contribution in [3.05, 3.63) is 18.2 Å². The second-order valence-corrected chi connectivity index (χ2v) is 15.9. The molecule has 0 amide bonds. The average Bonchev–Trinajstić information content (AvgIpc) is 3.48. The molecule has 0 aliphatic rings. The molecule has 1 aromatic rings. The fourth-order valence-corrected chi connectivity index (χ4v) is 7.74. The van der Waals surface area contributed by atoms with Gasteiger partial charge in [0, 0.05) is 6.42 Å². The first-order valence-corrected chi connectivity index (χ1v) is 22.9. The lowest BCUT2D eigenvalue weighted by Gasteiger charge is -2.07. The van der Waals surface area contributed by atoms with Crippen molar-refractivity contribution in [1.29, 1.82) is 0 Å². The molecule has 0 spiro atoms. The van der Waals surface area contributed by atoms with Crippen LogP contribution in [0.3, 0.4) is 0 Å². The molecule has 0 unspecified atom stereocenters. The van der Waals surface area contributed by atoms with Gasteiger partial charge in [0.15, 0.2) is 0 Å². The van der Waals surface area contributed by atoms with E-state index >= 15 is 0 Å². The van der Waals surface area contributed by atoms with Crippen LogP contribution >= 0.6 is 0 Å². The Morgan fingerprint density at radius 3 is 1.00 bits per heavy atom. The summed E-state index contributed by atoms with van der Waals surface area (Å²) >= 11 is 0. The molecule has 0 fully saturated rings. The predicted molar refractivity (Wildman–Crippen MR) is 216 cm³/mol. The molecule has 2 nitrogen and oxygen atoms in total. The first-order chi connectivity index (χ1) is 23.8. The maximum absolute atomic E-state index is 2.65. The van der Waals surface area contributed by atoms with Crippen molar-refractivity contribution in [1.82, 2.24) is 4.57 Å². The number of nitrogens with zero attached hydrogens (tertiary/aromatic N) is 2. The second kappa shape index (κ2) is 37.5. The van der Waals surface area contributed by atoms with Gasteiger partial charge < -0.3 is 0 Å². The van der Waals surface area contributed by atoms with Gasteiger partial charge in [0.1, 0.15) is 12.4 Å². The molecule has 0 N–H and O–H groups in total. The van der Waals surface area contributed by atoms with Crippen LogP contribution in [0.1, 0.15) is 264 Å². The normalized spacial score (nSPS) is 11.6. The molecule has 0 aliphatic carbocycles. The van der Waals surface area contributed by atoms with Gasteiger partial charge in [0.2, 0.25) is 0 Å². The largest absolute Gasteiger partial charge is 0.256 e. The van der Waals surface area contributed by atoms with Gasteiger partial charge in [-0.05, 0) is 32.1 Å². The fourth-order valence-electron chi connectivity index (χ4n) is 7.74. The van der Waals surface area contributed by atoms with Gasteiger partial charge in [0.05, 0.1) is 13.1 Å². The van der Waals surface area contributed by atoms with E-state index in [1.807, 2.05) is 0 Å². The third kappa shape index (κ3) is 29.0. The van der Waals surface area contributed by atoms with Crippen LogP contribution in [-0.4, -0.2) is 4.57 Å². The van der Waals surface area contributed by atoms with Crippen molar-refractivity contribution in [2.75, 3.05) is 0 Å². The van der Waals surface area contributed by atoms with Crippen molar-refractivity contribution in [3.63, 3.8) is 0 Å². The Kier molecular flexibility index (Phi) is 35.3.